The fraction of sp³-hybridized carbons (Fsp3) is 0.889. The first-order valence-corrected chi connectivity index (χ1v) is 9.11. The SMILES string of the molecule is CCCC(O)C(CC)CO.O=C(O)CCCCCCCCC(=O)O. The molecule has 6 nitrogen and oxygen atoms in total. The molecule has 0 amide bonds. The molecule has 0 saturated heterocycles. The van der Waals surface area contributed by atoms with E-state index in [2.05, 4.69) is 0 Å². The zero-order chi connectivity index (χ0) is 18.8. The van der Waals surface area contributed by atoms with Crippen LogP contribution in [0.1, 0.15) is 84.5 Å². The van der Waals surface area contributed by atoms with Gasteiger partial charge in [0.25, 0.3) is 0 Å². The van der Waals surface area contributed by atoms with Gasteiger partial charge in [0, 0.05) is 25.4 Å². The Morgan fingerprint density at radius 1 is 0.833 bits per heavy atom. The van der Waals surface area contributed by atoms with Crippen LogP contribution in [0.25, 0.3) is 0 Å². The summed E-state index contributed by atoms with van der Waals surface area (Å²) in [4.78, 5) is 20.3. The number of hydrogen-bond acceptors (Lipinski definition) is 4. The average molecular weight is 348 g/mol. The summed E-state index contributed by atoms with van der Waals surface area (Å²) in [6, 6.07) is 0. The number of carboxylic acid groups (broad SMARTS) is 2. The molecule has 0 fully saturated rings. The van der Waals surface area contributed by atoms with E-state index in [1.54, 1.807) is 0 Å². The van der Waals surface area contributed by atoms with Gasteiger partial charge in [0.15, 0.2) is 0 Å². The third-order valence-corrected chi connectivity index (χ3v) is 3.92. The van der Waals surface area contributed by atoms with Gasteiger partial charge in [0.1, 0.15) is 0 Å². The van der Waals surface area contributed by atoms with Gasteiger partial charge in [-0.15, -0.1) is 0 Å². The van der Waals surface area contributed by atoms with Crippen molar-refractivity contribution in [2.75, 3.05) is 6.61 Å². The van der Waals surface area contributed by atoms with Crippen LogP contribution in [0.15, 0.2) is 0 Å². The van der Waals surface area contributed by atoms with Gasteiger partial charge in [-0.25, -0.2) is 0 Å². The van der Waals surface area contributed by atoms with E-state index in [0.717, 1.165) is 57.8 Å². The third-order valence-electron chi connectivity index (χ3n) is 3.92. The summed E-state index contributed by atoms with van der Waals surface area (Å²) in [7, 11) is 0. The number of unbranched alkanes of at least 4 members (excludes halogenated alkanes) is 5. The molecular formula is C18H36O6. The van der Waals surface area contributed by atoms with Crippen LogP contribution < -0.4 is 0 Å². The van der Waals surface area contributed by atoms with Crippen LogP contribution in [-0.2, 0) is 9.59 Å². The molecule has 6 heteroatoms. The number of rotatable bonds is 14. The predicted octanol–water partition coefficient (Wildman–Crippen LogP) is 3.44. The summed E-state index contributed by atoms with van der Waals surface area (Å²) >= 11 is 0. The molecule has 24 heavy (non-hydrogen) atoms. The first-order chi connectivity index (χ1) is 11.4. The number of carboxylic acids is 2. The number of aliphatic hydroxyl groups excluding tert-OH is 2. The molecule has 0 aromatic rings. The van der Waals surface area contributed by atoms with Crippen LogP contribution in [0, 0.1) is 5.92 Å². The third kappa shape index (κ3) is 18.9. The van der Waals surface area contributed by atoms with Crippen molar-refractivity contribution in [3.05, 3.63) is 0 Å². The number of carbonyl (C=O) groups is 2. The van der Waals surface area contributed by atoms with Crippen LogP contribution in [-0.4, -0.2) is 45.1 Å². The highest BCUT2D eigenvalue weighted by molar-refractivity contribution is 5.66. The molecule has 0 radical (unpaired) electrons. The van der Waals surface area contributed by atoms with Crippen molar-refractivity contribution in [1.29, 1.82) is 0 Å². The molecule has 0 aromatic carbocycles. The Bertz CT molecular complexity index is 282. The topological polar surface area (TPSA) is 115 Å². The fourth-order valence-corrected chi connectivity index (χ4v) is 2.31. The van der Waals surface area contributed by atoms with E-state index in [1.165, 1.54) is 0 Å². The maximum absolute atomic E-state index is 10.1. The summed E-state index contributed by atoms with van der Waals surface area (Å²) in [6.45, 7) is 4.13. The normalized spacial score (nSPS) is 12.8. The molecule has 0 saturated carbocycles. The molecule has 0 aliphatic heterocycles. The van der Waals surface area contributed by atoms with Gasteiger partial charge >= 0.3 is 11.9 Å². The standard InChI is InChI=1S/C10H18O4.C8H18O2/c11-9(12)7-5-3-1-2-4-6-8-10(13)14;1-3-5-8(10)7(4-2)6-9/h1-8H2,(H,11,12)(H,13,14);7-10H,3-6H2,1-2H3. The van der Waals surface area contributed by atoms with Crippen molar-refractivity contribution in [1.82, 2.24) is 0 Å². The van der Waals surface area contributed by atoms with Gasteiger partial charge in [-0.2, -0.15) is 0 Å². The van der Waals surface area contributed by atoms with Crippen molar-refractivity contribution in [3.63, 3.8) is 0 Å². The molecule has 0 bridgehead atoms. The summed E-state index contributed by atoms with van der Waals surface area (Å²) in [6.07, 6.45) is 8.17. The summed E-state index contributed by atoms with van der Waals surface area (Å²) in [5.41, 5.74) is 0. The summed E-state index contributed by atoms with van der Waals surface area (Å²) < 4.78 is 0. The van der Waals surface area contributed by atoms with E-state index in [0.29, 0.717) is 0 Å². The molecule has 0 spiro atoms. The van der Waals surface area contributed by atoms with Crippen LogP contribution in [0.5, 0.6) is 0 Å². The molecule has 144 valence electrons. The van der Waals surface area contributed by atoms with Gasteiger partial charge in [0.2, 0.25) is 0 Å². The predicted molar refractivity (Wildman–Crippen MR) is 94.0 cm³/mol. The molecule has 4 N–H and O–H groups in total. The molecule has 0 rings (SSSR count). The monoisotopic (exact) mass is 348 g/mol. The largest absolute Gasteiger partial charge is 0.481 e. The van der Waals surface area contributed by atoms with Gasteiger partial charge in [-0.05, 0) is 25.7 Å². The first kappa shape index (κ1) is 25.1. The van der Waals surface area contributed by atoms with Crippen molar-refractivity contribution >= 4 is 11.9 Å². The Kier molecular flexibility index (Phi) is 19.0. The second-order valence-corrected chi connectivity index (χ2v) is 6.12. The lowest BCUT2D eigenvalue weighted by Gasteiger charge is -2.17. The molecule has 2 unspecified atom stereocenters. The highest BCUT2D eigenvalue weighted by atomic mass is 16.4. The van der Waals surface area contributed by atoms with Gasteiger partial charge < -0.3 is 20.4 Å². The minimum atomic E-state index is -0.740. The van der Waals surface area contributed by atoms with E-state index in [4.69, 9.17) is 15.3 Å². The van der Waals surface area contributed by atoms with Crippen molar-refractivity contribution in [2.45, 2.75) is 90.6 Å². The summed E-state index contributed by atoms with van der Waals surface area (Å²) in [5, 5.41) is 34.8. The maximum atomic E-state index is 10.1. The van der Waals surface area contributed by atoms with E-state index in [-0.39, 0.29) is 31.5 Å². The lowest BCUT2D eigenvalue weighted by atomic mass is 9.97. The van der Waals surface area contributed by atoms with Crippen LogP contribution >= 0.6 is 0 Å². The van der Waals surface area contributed by atoms with Gasteiger partial charge in [-0.1, -0.05) is 46.0 Å². The van der Waals surface area contributed by atoms with E-state index >= 15 is 0 Å². The first-order valence-electron chi connectivity index (χ1n) is 9.11. The van der Waals surface area contributed by atoms with Gasteiger partial charge in [0.05, 0.1) is 6.10 Å². The lowest BCUT2D eigenvalue weighted by Crippen LogP contribution is -2.22. The molecule has 0 aromatic heterocycles. The Balaban J connectivity index is 0. The quantitative estimate of drug-likeness (QED) is 0.357. The molecular weight excluding hydrogens is 312 g/mol. The zero-order valence-electron chi connectivity index (χ0n) is 15.2. The van der Waals surface area contributed by atoms with Crippen LogP contribution in [0.3, 0.4) is 0 Å². The van der Waals surface area contributed by atoms with Crippen molar-refractivity contribution < 1.29 is 30.0 Å². The van der Waals surface area contributed by atoms with Crippen molar-refractivity contribution in [2.24, 2.45) is 5.92 Å². The molecule has 0 heterocycles. The van der Waals surface area contributed by atoms with Crippen LogP contribution in [0.4, 0.5) is 0 Å². The number of hydrogen-bond donors (Lipinski definition) is 4. The average Bonchev–Trinajstić information content (AvgIpc) is 2.51. The van der Waals surface area contributed by atoms with Crippen LogP contribution in [0.2, 0.25) is 0 Å². The van der Waals surface area contributed by atoms with E-state index in [9.17, 15) is 14.7 Å². The second kappa shape index (κ2) is 18.2. The Hall–Kier alpha value is -1.14. The highest BCUT2D eigenvalue weighted by Crippen LogP contribution is 2.12. The van der Waals surface area contributed by atoms with E-state index in [1.807, 2.05) is 13.8 Å². The smallest absolute Gasteiger partial charge is 0.303 e. The molecule has 0 aliphatic rings. The fourth-order valence-electron chi connectivity index (χ4n) is 2.31. The minimum absolute atomic E-state index is 0.0833. The number of aliphatic hydroxyl groups is 2. The van der Waals surface area contributed by atoms with Crippen molar-refractivity contribution in [3.8, 4) is 0 Å². The van der Waals surface area contributed by atoms with Gasteiger partial charge in [-0.3, -0.25) is 9.59 Å². The second-order valence-electron chi connectivity index (χ2n) is 6.12. The molecule has 0 aliphatic carbocycles. The molecule has 2 atom stereocenters. The Morgan fingerprint density at radius 3 is 1.54 bits per heavy atom. The number of aliphatic carboxylic acids is 2. The van der Waals surface area contributed by atoms with E-state index < -0.39 is 11.9 Å². The zero-order valence-corrected chi connectivity index (χ0v) is 15.2. The summed E-state index contributed by atoms with van der Waals surface area (Å²) in [5.74, 6) is -1.40. The Morgan fingerprint density at radius 2 is 1.25 bits per heavy atom. The maximum Gasteiger partial charge on any atom is 0.303 e. The Labute approximate surface area is 145 Å². The highest BCUT2D eigenvalue weighted by Gasteiger charge is 2.14. The lowest BCUT2D eigenvalue weighted by molar-refractivity contribution is -0.138. The minimum Gasteiger partial charge on any atom is -0.481 e.